The summed E-state index contributed by atoms with van der Waals surface area (Å²) < 4.78 is 107. The van der Waals surface area contributed by atoms with E-state index in [9.17, 15) is 39.6 Å². The van der Waals surface area contributed by atoms with Gasteiger partial charge in [-0.3, -0.25) is 0 Å². The van der Waals surface area contributed by atoms with E-state index in [-0.39, 0.29) is 43.3 Å². The fourth-order valence-corrected chi connectivity index (χ4v) is 4.61. The van der Waals surface area contributed by atoms with Crippen LogP contribution in [0.25, 0.3) is 10.8 Å². The molecule has 0 radical (unpaired) electrons. The Kier molecular flexibility index (Phi) is 7.13. The van der Waals surface area contributed by atoms with Gasteiger partial charge >= 0.3 is 18.4 Å². The number of piperidine rings is 1. The zero-order chi connectivity index (χ0) is 24.4. The first-order valence-corrected chi connectivity index (χ1v) is 11.3. The highest BCUT2D eigenvalue weighted by Gasteiger charge is 2.60. The second kappa shape index (κ2) is 9.37. The lowest BCUT2D eigenvalue weighted by Crippen LogP contribution is -2.49. The van der Waals surface area contributed by atoms with Crippen LogP contribution < -0.4 is 4.72 Å². The summed E-state index contributed by atoms with van der Waals surface area (Å²) in [5.74, 6) is -0.259. The molecule has 0 saturated carbocycles. The second-order valence-corrected chi connectivity index (χ2v) is 9.41. The Morgan fingerprint density at radius 1 is 1.00 bits per heavy atom. The highest BCUT2D eigenvalue weighted by molar-refractivity contribution is 7.89. The fourth-order valence-electron chi connectivity index (χ4n) is 3.46. The monoisotopic (exact) mass is 498 g/mol. The van der Waals surface area contributed by atoms with E-state index in [1.165, 1.54) is 12.1 Å². The Balaban J connectivity index is 1.54. The van der Waals surface area contributed by atoms with Gasteiger partial charge in [0.1, 0.15) is 0 Å². The van der Waals surface area contributed by atoms with E-state index in [1.54, 1.807) is 18.2 Å². The van der Waals surface area contributed by atoms with Crippen molar-refractivity contribution in [3.8, 4) is 0 Å². The molecule has 1 saturated heterocycles. The molecule has 182 valence electrons. The van der Waals surface area contributed by atoms with Gasteiger partial charge in [0, 0.05) is 19.6 Å². The van der Waals surface area contributed by atoms with E-state index in [4.69, 9.17) is 0 Å². The molecule has 1 aliphatic heterocycles. The van der Waals surface area contributed by atoms with E-state index in [1.807, 2.05) is 12.1 Å². The lowest BCUT2D eigenvalue weighted by molar-refractivity contribution is -0.308. The van der Waals surface area contributed by atoms with Crippen LogP contribution in [0.4, 0.5) is 31.1 Å². The first kappa shape index (κ1) is 25.1. The maximum absolute atomic E-state index is 12.6. The Morgan fingerprint density at radius 2 is 1.58 bits per heavy atom. The number of rotatable bonds is 5. The summed E-state index contributed by atoms with van der Waals surface area (Å²) in [5.41, 5.74) is 0. The third-order valence-electron chi connectivity index (χ3n) is 5.28. The minimum absolute atomic E-state index is 0.00573. The number of sulfonamides is 1. The van der Waals surface area contributed by atoms with E-state index < -0.39 is 34.6 Å². The molecular weight excluding hydrogens is 478 g/mol. The molecule has 0 aliphatic carbocycles. The Labute approximate surface area is 185 Å². The summed E-state index contributed by atoms with van der Waals surface area (Å²) in [7, 11) is -3.83. The molecule has 0 aromatic heterocycles. The molecule has 3 rings (SSSR count). The van der Waals surface area contributed by atoms with Gasteiger partial charge in [0.15, 0.2) is 0 Å². The van der Waals surface area contributed by atoms with Crippen LogP contribution in [0.5, 0.6) is 0 Å². The summed E-state index contributed by atoms with van der Waals surface area (Å²) in [6.45, 7) is -0.320. The predicted molar refractivity (Wildman–Crippen MR) is 106 cm³/mol. The number of carbonyl (C=O) groups is 1. The average Bonchev–Trinajstić information content (AvgIpc) is 2.74. The Bertz CT molecular complexity index is 1080. The van der Waals surface area contributed by atoms with Gasteiger partial charge in [-0.05, 0) is 41.7 Å². The average molecular weight is 498 g/mol. The lowest BCUT2D eigenvalue weighted by Gasteiger charge is -2.33. The summed E-state index contributed by atoms with van der Waals surface area (Å²) in [6.07, 6.45) is -17.1. The number of amides is 1. The minimum Gasteiger partial charge on any atom is -0.426 e. The van der Waals surface area contributed by atoms with E-state index in [0.29, 0.717) is 0 Å². The van der Waals surface area contributed by atoms with E-state index in [2.05, 4.69) is 9.46 Å². The zero-order valence-electron chi connectivity index (χ0n) is 17.0. The van der Waals surface area contributed by atoms with Crippen LogP contribution in [0, 0.1) is 5.92 Å². The molecule has 1 fully saturated rings. The van der Waals surface area contributed by atoms with Crippen molar-refractivity contribution in [3.05, 3.63) is 42.5 Å². The quantitative estimate of drug-likeness (QED) is 0.618. The molecule has 0 spiro atoms. The minimum atomic E-state index is -5.78. The first-order chi connectivity index (χ1) is 15.3. The number of nitrogens with one attached hydrogen (secondary N) is 1. The molecule has 6 nitrogen and oxygen atoms in total. The number of hydrogen-bond acceptors (Lipinski definition) is 4. The van der Waals surface area contributed by atoms with Crippen molar-refractivity contribution in [1.29, 1.82) is 0 Å². The molecule has 1 amide bonds. The number of fused-ring (bicyclic) bond motifs is 1. The van der Waals surface area contributed by atoms with Gasteiger partial charge in [-0.1, -0.05) is 30.3 Å². The first-order valence-electron chi connectivity index (χ1n) is 9.85. The highest BCUT2D eigenvalue weighted by Crippen LogP contribution is 2.36. The van der Waals surface area contributed by atoms with Crippen LogP contribution in [0.1, 0.15) is 12.8 Å². The number of carbonyl (C=O) groups excluding carboxylic acids is 1. The van der Waals surface area contributed by atoms with Crippen molar-refractivity contribution < 1.29 is 44.3 Å². The standard InChI is InChI=1S/C20H20F6N2O4S/c21-19(22,23)17(20(24,25)26)32-18(29)28-9-7-13(8-10-28)12-27-33(30,31)16-6-5-14-3-1-2-4-15(14)11-16/h1-6,11,13,17,27H,7-10,12H2. The number of hydrogen-bond donors (Lipinski definition) is 1. The molecule has 1 N–H and O–H groups in total. The van der Waals surface area contributed by atoms with Gasteiger partial charge in [0.25, 0.3) is 6.10 Å². The van der Waals surface area contributed by atoms with Crippen LogP contribution in [-0.4, -0.2) is 57.5 Å². The molecule has 2 aromatic carbocycles. The molecule has 2 aromatic rings. The van der Waals surface area contributed by atoms with Crippen molar-refractivity contribution >= 4 is 26.9 Å². The van der Waals surface area contributed by atoms with Crippen LogP contribution in [0.15, 0.2) is 47.4 Å². The highest BCUT2D eigenvalue weighted by atomic mass is 32.2. The van der Waals surface area contributed by atoms with Gasteiger partial charge < -0.3 is 9.64 Å². The second-order valence-electron chi connectivity index (χ2n) is 7.64. The van der Waals surface area contributed by atoms with Gasteiger partial charge in [-0.15, -0.1) is 0 Å². The van der Waals surface area contributed by atoms with Gasteiger partial charge in [0.05, 0.1) is 4.90 Å². The van der Waals surface area contributed by atoms with Crippen LogP contribution >= 0.6 is 0 Å². The molecule has 33 heavy (non-hydrogen) atoms. The van der Waals surface area contributed by atoms with Crippen molar-refractivity contribution in [2.75, 3.05) is 19.6 Å². The summed E-state index contributed by atoms with van der Waals surface area (Å²) in [4.78, 5) is 12.6. The largest absolute Gasteiger partial charge is 0.434 e. The van der Waals surface area contributed by atoms with Crippen LogP contribution in [-0.2, 0) is 14.8 Å². The Morgan fingerprint density at radius 3 is 2.15 bits per heavy atom. The smallest absolute Gasteiger partial charge is 0.426 e. The Hall–Kier alpha value is -2.54. The van der Waals surface area contributed by atoms with Gasteiger partial charge in [0.2, 0.25) is 10.0 Å². The van der Waals surface area contributed by atoms with E-state index in [0.717, 1.165) is 15.7 Å². The van der Waals surface area contributed by atoms with Crippen LogP contribution in [0.3, 0.4) is 0 Å². The van der Waals surface area contributed by atoms with Gasteiger partial charge in [-0.2, -0.15) is 26.3 Å². The molecule has 0 bridgehead atoms. The molecule has 1 aliphatic rings. The van der Waals surface area contributed by atoms with Crippen molar-refractivity contribution in [2.24, 2.45) is 5.92 Å². The number of benzene rings is 2. The molecule has 0 atom stereocenters. The normalized spacial score (nSPS) is 16.4. The van der Waals surface area contributed by atoms with Gasteiger partial charge in [-0.25, -0.2) is 17.9 Å². The summed E-state index contributed by atoms with van der Waals surface area (Å²) in [6, 6.07) is 11.9. The van der Waals surface area contributed by atoms with E-state index >= 15 is 0 Å². The zero-order valence-corrected chi connectivity index (χ0v) is 17.8. The number of alkyl halides is 6. The summed E-state index contributed by atoms with van der Waals surface area (Å²) >= 11 is 0. The van der Waals surface area contributed by atoms with Crippen molar-refractivity contribution in [2.45, 2.75) is 36.2 Å². The maximum Gasteiger partial charge on any atom is 0.434 e. The molecule has 13 heteroatoms. The number of ether oxygens (including phenoxy) is 1. The number of nitrogens with zero attached hydrogens (tertiary/aromatic N) is 1. The number of likely N-dealkylation sites (tertiary alicyclic amines) is 1. The number of halogens is 6. The molecule has 1 heterocycles. The van der Waals surface area contributed by atoms with Crippen molar-refractivity contribution in [1.82, 2.24) is 9.62 Å². The topological polar surface area (TPSA) is 75.7 Å². The SMILES string of the molecule is O=C(OC(C(F)(F)F)C(F)(F)F)N1CCC(CNS(=O)(=O)c2ccc3ccccc3c2)CC1. The third kappa shape index (κ3) is 6.28. The van der Waals surface area contributed by atoms with Crippen molar-refractivity contribution in [3.63, 3.8) is 0 Å². The third-order valence-corrected chi connectivity index (χ3v) is 6.70. The summed E-state index contributed by atoms with van der Waals surface area (Å²) in [5, 5.41) is 1.61. The fraction of sp³-hybridized carbons (Fsp3) is 0.450. The lowest BCUT2D eigenvalue weighted by atomic mass is 9.97. The maximum atomic E-state index is 12.6. The molecule has 0 unspecified atom stereocenters. The van der Waals surface area contributed by atoms with Crippen LogP contribution in [0.2, 0.25) is 0 Å². The predicted octanol–water partition coefficient (Wildman–Crippen LogP) is 4.46. The molecular formula is C20H20F6N2O4S.